The van der Waals surface area contributed by atoms with Crippen molar-refractivity contribution >= 4 is 29.9 Å². The molecule has 5 nitrogen and oxygen atoms in total. The van der Waals surface area contributed by atoms with Gasteiger partial charge >= 0.3 is 0 Å². The highest BCUT2D eigenvalue weighted by Crippen LogP contribution is 2.18. The number of nitrogens with one attached hydrogen (secondary N) is 2. The quantitative estimate of drug-likeness (QED) is 0.349. The number of hydrogen-bond donors (Lipinski definition) is 3. The third-order valence-corrected chi connectivity index (χ3v) is 3.82. The average Bonchev–Trinajstić information content (AvgIpc) is 2.65. The molecular weight excluding hydrogens is 439 g/mol. The van der Waals surface area contributed by atoms with Crippen molar-refractivity contribution in [2.45, 2.75) is 26.0 Å². The zero-order valence-corrected chi connectivity index (χ0v) is 17.4. The number of nitriles is 1. The third-order valence-electron chi connectivity index (χ3n) is 3.82. The van der Waals surface area contributed by atoms with Crippen LogP contribution in [0.5, 0.6) is 0 Å². The Hall–Kier alpha value is -2.11. The molecule has 138 valence electrons. The number of halogens is 1. The number of nitrogens with zero attached hydrogens (tertiary/aromatic N) is 2. The maximum absolute atomic E-state index is 10.7. The van der Waals surface area contributed by atoms with Gasteiger partial charge in [0, 0.05) is 6.54 Å². The van der Waals surface area contributed by atoms with E-state index in [0.29, 0.717) is 24.6 Å². The van der Waals surface area contributed by atoms with Gasteiger partial charge in [0.1, 0.15) is 5.60 Å². The summed E-state index contributed by atoms with van der Waals surface area (Å²) in [5.41, 5.74) is 1.43. The summed E-state index contributed by atoms with van der Waals surface area (Å²) in [5, 5.41) is 26.0. The van der Waals surface area contributed by atoms with Crippen molar-refractivity contribution in [2.24, 2.45) is 4.99 Å². The molecule has 0 aromatic heterocycles. The summed E-state index contributed by atoms with van der Waals surface area (Å²) in [6.45, 7) is 5.27. The van der Waals surface area contributed by atoms with Gasteiger partial charge in [-0.25, -0.2) is 4.99 Å². The maximum atomic E-state index is 10.7. The molecule has 6 heteroatoms. The second-order valence-electron chi connectivity index (χ2n) is 6.00. The van der Waals surface area contributed by atoms with Crippen LogP contribution < -0.4 is 10.6 Å². The lowest BCUT2D eigenvalue weighted by Crippen LogP contribution is -2.44. The average molecular weight is 464 g/mol. The summed E-state index contributed by atoms with van der Waals surface area (Å²) in [4.78, 5) is 4.53. The van der Waals surface area contributed by atoms with Crippen molar-refractivity contribution in [1.29, 1.82) is 5.26 Å². The fourth-order valence-corrected chi connectivity index (χ4v) is 2.41. The highest BCUT2D eigenvalue weighted by Gasteiger charge is 2.22. The zero-order chi connectivity index (χ0) is 18.1. The van der Waals surface area contributed by atoms with Crippen LogP contribution in [0.4, 0.5) is 0 Å². The molecule has 1 unspecified atom stereocenters. The maximum Gasteiger partial charge on any atom is 0.191 e. The van der Waals surface area contributed by atoms with E-state index in [1.165, 1.54) is 0 Å². The minimum Gasteiger partial charge on any atom is -0.384 e. The second kappa shape index (κ2) is 10.8. The Balaban J connectivity index is 0.00000338. The standard InChI is InChI=1S/C20H24N4O.HI/c1-3-22-19(23-14-17-9-7-8-16(12-17)13-21)24-15-20(2,25)18-10-5-4-6-11-18;/h4-12,25H,3,14-15H2,1-2H3,(H2,22,23,24);1H. The van der Waals surface area contributed by atoms with Gasteiger partial charge in [0.2, 0.25) is 0 Å². The molecule has 2 aromatic rings. The van der Waals surface area contributed by atoms with E-state index < -0.39 is 5.60 Å². The SMILES string of the molecule is CCNC(=NCc1cccc(C#N)c1)NCC(C)(O)c1ccccc1.I. The first kappa shape index (κ1) is 21.9. The number of rotatable bonds is 6. The van der Waals surface area contributed by atoms with Gasteiger partial charge in [-0.3, -0.25) is 0 Å². The molecule has 0 radical (unpaired) electrons. The summed E-state index contributed by atoms with van der Waals surface area (Å²) >= 11 is 0. The molecule has 3 N–H and O–H groups in total. The normalized spacial score (nSPS) is 13.1. The molecule has 0 bridgehead atoms. The Morgan fingerprint density at radius 2 is 1.88 bits per heavy atom. The number of guanidine groups is 1. The van der Waals surface area contributed by atoms with Crippen LogP contribution in [0, 0.1) is 11.3 Å². The Kier molecular flexibility index (Phi) is 9.10. The first-order chi connectivity index (χ1) is 12.0. The predicted octanol–water partition coefficient (Wildman–Crippen LogP) is 3.14. The molecular formula is C20H25IN4O. The lowest BCUT2D eigenvalue weighted by molar-refractivity contribution is 0.0617. The molecule has 0 spiro atoms. The largest absolute Gasteiger partial charge is 0.384 e. The topological polar surface area (TPSA) is 80.4 Å². The number of aliphatic imine (C=N–C) groups is 1. The van der Waals surface area contributed by atoms with Gasteiger partial charge < -0.3 is 15.7 Å². The van der Waals surface area contributed by atoms with Crippen molar-refractivity contribution in [3.05, 3.63) is 71.3 Å². The number of hydrogen-bond acceptors (Lipinski definition) is 3. The molecule has 0 heterocycles. The van der Waals surface area contributed by atoms with Crippen molar-refractivity contribution < 1.29 is 5.11 Å². The van der Waals surface area contributed by atoms with Gasteiger partial charge in [-0.15, -0.1) is 24.0 Å². The minimum absolute atomic E-state index is 0. The van der Waals surface area contributed by atoms with Crippen LogP contribution in [0.15, 0.2) is 59.6 Å². The Morgan fingerprint density at radius 3 is 2.54 bits per heavy atom. The van der Waals surface area contributed by atoms with Gasteiger partial charge in [0.05, 0.1) is 24.7 Å². The smallest absolute Gasteiger partial charge is 0.191 e. The Bertz CT molecular complexity index is 754. The van der Waals surface area contributed by atoms with Crippen molar-refractivity contribution in [2.75, 3.05) is 13.1 Å². The van der Waals surface area contributed by atoms with E-state index in [2.05, 4.69) is 21.7 Å². The molecule has 0 aliphatic carbocycles. The monoisotopic (exact) mass is 464 g/mol. The lowest BCUT2D eigenvalue weighted by atomic mass is 9.96. The van der Waals surface area contributed by atoms with Crippen molar-refractivity contribution in [1.82, 2.24) is 10.6 Å². The first-order valence-electron chi connectivity index (χ1n) is 8.34. The van der Waals surface area contributed by atoms with Crippen LogP contribution in [0.3, 0.4) is 0 Å². The second-order valence-corrected chi connectivity index (χ2v) is 6.00. The van der Waals surface area contributed by atoms with Crippen LogP contribution in [-0.4, -0.2) is 24.2 Å². The highest BCUT2D eigenvalue weighted by atomic mass is 127. The molecule has 0 aliphatic heterocycles. The first-order valence-corrected chi connectivity index (χ1v) is 8.34. The van der Waals surface area contributed by atoms with Crippen molar-refractivity contribution in [3.63, 3.8) is 0 Å². The Labute approximate surface area is 172 Å². The summed E-state index contributed by atoms with van der Waals surface area (Å²) in [5.74, 6) is 0.626. The molecule has 2 rings (SSSR count). The summed E-state index contributed by atoms with van der Waals surface area (Å²) in [6.07, 6.45) is 0. The van der Waals surface area contributed by atoms with Gasteiger partial charge in [-0.1, -0.05) is 42.5 Å². The van der Waals surface area contributed by atoms with Crippen LogP contribution in [0.25, 0.3) is 0 Å². The molecule has 0 amide bonds. The minimum atomic E-state index is -1.00. The van der Waals surface area contributed by atoms with Crippen LogP contribution >= 0.6 is 24.0 Å². The summed E-state index contributed by atoms with van der Waals surface area (Å²) < 4.78 is 0. The van der Waals surface area contributed by atoms with E-state index in [4.69, 9.17) is 5.26 Å². The number of aliphatic hydroxyl groups is 1. The summed E-state index contributed by atoms with van der Waals surface area (Å²) in [6, 6.07) is 19.1. The predicted molar refractivity (Wildman–Crippen MR) is 115 cm³/mol. The molecule has 0 aliphatic rings. The van der Waals surface area contributed by atoms with E-state index >= 15 is 0 Å². The van der Waals surface area contributed by atoms with Crippen LogP contribution in [0.1, 0.15) is 30.5 Å². The van der Waals surface area contributed by atoms with Crippen LogP contribution in [0.2, 0.25) is 0 Å². The lowest BCUT2D eigenvalue weighted by Gasteiger charge is -2.25. The molecule has 1 atom stereocenters. The summed E-state index contributed by atoms with van der Waals surface area (Å²) in [7, 11) is 0. The molecule has 2 aromatic carbocycles. The van der Waals surface area contributed by atoms with E-state index in [0.717, 1.165) is 17.7 Å². The van der Waals surface area contributed by atoms with Gasteiger partial charge in [0.25, 0.3) is 0 Å². The van der Waals surface area contributed by atoms with Crippen molar-refractivity contribution in [3.8, 4) is 6.07 Å². The third kappa shape index (κ3) is 6.65. The van der Waals surface area contributed by atoms with E-state index in [1.807, 2.05) is 55.5 Å². The van der Waals surface area contributed by atoms with E-state index in [9.17, 15) is 5.11 Å². The van der Waals surface area contributed by atoms with E-state index in [1.54, 1.807) is 13.0 Å². The van der Waals surface area contributed by atoms with Gasteiger partial charge in [-0.2, -0.15) is 5.26 Å². The molecule has 26 heavy (non-hydrogen) atoms. The number of benzene rings is 2. The highest BCUT2D eigenvalue weighted by molar-refractivity contribution is 14.0. The molecule has 0 fully saturated rings. The van der Waals surface area contributed by atoms with E-state index in [-0.39, 0.29) is 24.0 Å². The van der Waals surface area contributed by atoms with Gasteiger partial charge in [-0.05, 0) is 37.1 Å². The van der Waals surface area contributed by atoms with Crippen LogP contribution in [-0.2, 0) is 12.1 Å². The Morgan fingerprint density at radius 1 is 1.15 bits per heavy atom. The zero-order valence-electron chi connectivity index (χ0n) is 15.1. The van der Waals surface area contributed by atoms with Gasteiger partial charge in [0.15, 0.2) is 5.96 Å². The fourth-order valence-electron chi connectivity index (χ4n) is 2.41. The fraction of sp³-hybridized carbons (Fsp3) is 0.300. The molecule has 0 saturated carbocycles. The molecule has 0 saturated heterocycles.